The van der Waals surface area contributed by atoms with Crippen molar-refractivity contribution >= 4 is 11.7 Å². The van der Waals surface area contributed by atoms with Crippen LogP contribution in [0.1, 0.15) is 64.7 Å². The monoisotopic (exact) mass is 437 g/mol. The van der Waals surface area contributed by atoms with Crippen molar-refractivity contribution < 1.29 is 27.9 Å². The van der Waals surface area contributed by atoms with Crippen LogP contribution in [0.15, 0.2) is 29.1 Å². The maximum Gasteiger partial charge on any atom is 0.416 e. The van der Waals surface area contributed by atoms with E-state index in [2.05, 4.69) is 10.4 Å². The predicted octanol–water partition coefficient (Wildman–Crippen LogP) is 3.04. The first-order valence-electron chi connectivity index (χ1n) is 9.75. The first-order chi connectivity index (χ1) is 14.5. The number of aromatic hydroxyl groups is 1. The van der Waals surface area contributed by atoms with Gasteiger partial charge in [-0.25, -0.2) is 0 Å². The van der Waals surface area contributed by atoms with Crippen molar-refractivity contribution in [3.63, 3.8) is 0 Å². The Bertz CT molecular complexity index is 1070. The van der Waals surface area contributed by atoms with E-state index in [0.717, 1.165) is 36.6 Å². The molecule has 1 aromatic carbocycles. The van der Waals surface area contributed by atoms with Crippen LogP contribution < -0.4 is 10.7 Å². The largest absolute Gasteiger partial charge is 0.502 e. The Labute approximate surface area is 175 Å². The molecule has 31 heavy (non-hydrogen) atoms. The molecule has 0 unspecified atom stereocenters. The molecule has 2 aromatic rings. The molecule has 0 saturated heterocycles. The summed E-state index contributed by atoms with van der Waals surface area (Å²) in [6, 6.07) is 4.83. The zero-order chi connectivity index (χ0) is 23.0. The van der Waals surface area contributed by atoms with E-state index in [9.17, 15) is 32.7 Å². The van der Waals surface area contributed by atoms with E-state index in [-0.39, 0.29) is 12.2 Å². The molecule has 3 rings (SSSR count). The average Bonchev–Trinajstić information content (AvgIpc) is 3.19. The number of aromatic nitrogens is 2. The standard InChI is InChI=1S/C21H22F3N3O4/c1-12(28)16-18(30)17(29)15(19(31)25-2)26-27(16)11-20(9-3-4-10-20)13-5-7-14(8-6-13)21(22,23)24/h5-8,30H,3-4,9-11H2,1-2H3,(H,25,31). The molecule has 2 N–H and O–H groups in total. The summed E-state index contributed by atoms with van der Waals surface area (Å²) in [5, 5.41) is 16.6. The third kappa shape index (κ3) is 4.19. The normalized spacial score (nSPS) is 15.6. The van der Waals surface area contributed by atoms with Gasteiger partial charge in [-0.1, -0.05) is 25.0 Å². The number of alkyl halides is 3. The van der Waals surface area contributed by atoms with E-state index >= 15 is 0 Å². The van der Waals surface area contributed by atoms with Crippen LogP contribution in [-0.4, -0.2) is 33.6 Å². The van der Waals surface area contributed by atoms with E-state index in [1.807, 2.05) is 0 Å². The van der Waals surface area contributed by atoms with Crippen LogP contribution in [-0.2, 0) is 18.1 Å². The minimum Gasteiger partial charge on any atom is -0.502 e. The lowest BCUT2D eigenvalue weighted by molar-refractivity contribution is -0.137. The van der Waals surface area contributed by atoms with Crippen molar-refractivity contribution in [2.24, 2.45) is 0 Å². The highest BCUT2D eigenvalue weighted by Crippen LogP contribution is 2.43. The van der Waals surface area contributed by atoms with Crippen LogP contribution in [0.25, 0.3) is 0 Å². The number of amides is 1. The van der Waals surface area contributed by atoms with Gasteiger partial charge in [-0.15, -0.1) is 0 Å². The van der Waals surface area contributed by atoms with E-state index in [1.54, 1.807) is 0 Å². The lowest BCUT2D eigenvalue weighted by Crippen LogP contribution is -2.36. The van der Waals surface area contributed by atoms with Crippen LogP contribution in [0, 0.1) is 0 Å². The number of nitrogens with one attached hydrogen (secondary N) is 1. The highest BCUT2D eigenvalue weighted by Gasteiger charge is 2.39. The summed E-state index contributed by atoms with van der Waals surface area (Å²) in [6.45, 7) is 1.18. The maximum absolute atomic E-state index is 13.0. The molecule has 1 saturated carbocycles. The van der Waals surface area contributed by atoms with Gasteiger partial charge < -0.3 is 10.4 Å². The second-order valence-electron chi connectivity index (χ2n) is 7.73. The number of halogens is 3. The highest BCUT2D eigenvalue weighted by molar-refractivity contribution is 5.97. The van der Waals surface area contributed by atoms with Gasteiger partial charge in [-0.3, -0.25) is 19.1 Å². The molecule has 0 atom stereocenters. The Kier molecular flexibility index (Phi) is 5.93. The van der Waals surface area contributed by atoms with Gasteiger partial charge >= 0.3 is 6.18 Å². The van der Waals surface area contributed by atoms with Crippen molar-refractivity contribution in [1.29, 1.82) is 0 Å². The van der Waals surface area contributed by atoms with Crippen molar-refractivity contribution in [2.45, 2.75) is 50.7 Å². The molecule has 1 amide bonds. The van der Waals surface area contributed by atoms with Gasteiger partial charge in [0, 0.05) is 19.4 Å². The van der Waals surface area contributed by atoms with Crippen molar-refractivity contribution in [3.05, 3.63) is 57.0 Å². The molecule has 0 bridgehead atoms. The number of hydrogen-bond acceptors (Lipinski definition) is 5. The summed E-state index contributed by atoms with van der Waals surface area (Å²) in [5.41, 5.74) is -2.76. The minimum atomic E-state index is -4.46. The first-order valence-corrected chi connectivity index (χ1v) is 9.75. The summed E-state index contributed by atoms with van der Waals surface area (Å²) in [7, 11) is 1.30. The van der Waals surface area contributed by atoms with Crippen molar-refractivity contribution in [2.75, 3.05) is 7.05 Å². The number of carbonyl (C=O) groups excluding carboxylic acids is 2. The third-order valence-corrected chi connectivity index (χ3v) is 5.75. The van der Waals surface area contributed by atoms with Crippen LogP contribution in [0.5, 0.6) is 5.75 Å². The Balaban J connectivity index is 2.13. The number of ketones is 1. The summed E-state index contributed by atoms with van der Waals surface area (Å²) in [5.74, 6) is -2.31. The fraction of sp³-hybridized carbons (Fsp3) is 0.429. The molecular weight excluding hydrogens is 415 g/mol. The molecule has 1 aliphatic rings. The molecule has 0 aliphatic heterocycles. The molecule has 1 aliphatic carbocycles. The lowest BCUT2D eigenvalue weighted by Gasteiger charge is -2.31. The molecule has 166 valence electrons. The quantitative estimate of drug-likeness (QED) is 0.701. The highest BCUT2D eigenvalue weighted by atomic mass is 19.4. The number of carbonyl (C=O) groups is 2. The van der Waals surface area contributed by atoms with Gasteiger partial charge in [0.25, 0.3) is 11.3 Å². The Morgan fingerprint density at radius 1 is 1.19 bits per heavy atom. The summed E-state index contributed by atoms with van der Waals surface area (Å²) in [4.78, 5) is 36.5. The predicted molar refractivity (Wildman–Crippen MR) is 105 cm³/mol. The number of benzene rings is 1. The van der Waals surface area contributed by atoms with Crippen LogP contribution in [0.2, 0.25) is 0 Å². The van der Waals surface area contributed by atoms with Gasteiger partial charge in [-0.05, 0) is 30.5 Å². The molecule has 10 heteroatoms. The number of nitrogens with zero attached hydrogens (tertiary/aromatic N) is 2. The average molecular weight is 437 g/mol. The number of rotatable bonds is 5. The molecule has 7 nitrogen and oxygen atoms in total. The van der Waals surface area contributed by atoms with Crippen LogP contribution >= 0.6 is 0 Å². The van der Waals surface area contributed by atoms with E-state index in [0.29, 0.717) is 18.4 Å². The van der Waals surface area contributed by atoms with E-state index < -0.39 is 45.7 Å². The van der Waals surface area contributed by atoms with Gasteiger partial charge in [0.2, 0.25) is 0 Å². The molecule has 1 aromatic heterocycles. The minimum absolute atomic E-state index is 0.0190. The van der Waals surface area contributed by atoms with Crippen LogP contribution in [0.4, 0.5) is 13.2 Å². The number of Topliss-reactive ketones (excluding diaryl/α,β-unsaturated/α-hetero) is 1. The maximum atomic E-state index is 13.0. The van der Waals surface area contributed by atoms with E-state index in [4.69, 9.17) is 0 Å². The molecule has 1 fully saturated rings. The Morgan fingerprint density at radius 3 is 2.26 bits per heavy atom. The summed E-state index contributed by atoms with van der Waals surface area (Å²) >= 11 is 0. The van der Waals surface area contributed by atoms with Crippen LogP contribution in [0.3, 0.4) is 0 Å². The number of hydrogen-bond donors (Lipinski definition) is 2. The molecule has 0 radical (unpaired) electrons. The fourth-order valence-corrected chi connectivity index (χ4v) is 4.18. The topological polar surface area (TPSA) is 101 Å². The first kappa shape index (κ1) is 22.5. The molecule has 0 spiro atoms. The zero-order valence-corrected chi connectivity index (χ0v) is 17.0. The smallest absolute Gasteiger partial charge is 0.416 e. The van der Waals surface area contributed by atoms with Gasteiger partial charge in [0.15, 0.2) is 17.2 Å². The van der Waals surface area contributed by atoms with Gasteiger partial charge in [-0.2, -0.15) is 18.3 Å². The molecular formula is C21H22F3N3O4. The van der Waals surface area contributed by atoms with Crippen molar-refractivity contribution in [1.82, 2.24) is 15.1 Å². The summed E-state index contributed by atoms with van der Waals surface area (Å²) < 4.78 is 40.0. The van der Waals surface area contributed by atoms with Gasteiger partial charge in [0.1, 0.15) is 5.69 Å². The Hall–Kier alpha value is -3.17. The van der Waals surface area contributed by atoms with Gasteiger partial charge in [0.05, 0.1) is 12.1 Å². The second-order valence-corrected chi connectivity index (χ2v) is 7.73. The SMILES string of the molecule is CNC(=O)c1nn(CC2(c3ccc(C(F)(F)F)cc3)CCCC2)c(C(C)=O)c(O)c1=O. The lowest BCUT2D eigenvalue weighted by atomic mass is 9.78. The third-order valence-electron chi connectivity index (χ3n) is 5.75. The van der Waals surface area contributed by atoms with Crippen molar-refractivity contribution in [3.8, 4) is 5.75 Å². The molecule has 1 heterocycles. The summed E-state index contributed by atoms with van der Waals surface area (Å²) in [6.07, 6.45) is -1.62. The second kappa shape index (κ2) is 8.16. The fourth-order valence-electron chi connectivity index (χ4n) is 4.18. The zero-order valence-electron chi connectivity index (χ0n) is 17.0. The Morgan fingerprint density at radius 2 is 1.77 bits per heavy atom. The van der Waals surface area contributed by atoms with E-state index in [1.165, 1.54) is 19.2 Å².